The average molecular weight is 509 g/mol. The molecule has 0 radical (unpaired) electrons. The van der Waals surface area contributed by atoms with Gasteiger partial charge in [0.2, 0.25) is 17.6 Å². The van der Waals surface area contributed by atoms with E-state index in [-0.39, 0.29) is 23.3 Å². The SMILES string of the molecule is CC(C)(C)c1ccc(-c2noc(CN3CCCC(C(=O)NC(c4ccccc4)c4ccccc4)C3)n2)cc1. The molecule has 1 atom stereocenters. The van der Waals surface area contributed by atoms with Gasteiger partial charge in [0.05, 0.1) is 18.5 Å². The first kappa shape index (κ1) is 25.9. The maximum atomic E-state index is 13.5. The molecule has 1 amide bonds. The molecule has 0 bridgehead atoms. The second-order valence-corrected chi connectivity index (χ2v) is 11.2. The molecule has 1 unspecified atom stereocenters. The van der Waals surface area contributed by atoms with Crippen molar-refractivity contribution in [1.29, 1.82) is 0 Å². The maximum absolute atomic E-state index is 13.5. The van der Waals surface area contributed by atoms with E-state index in [0.29, 0.717) is 24.8 Å². The lowest BCUT2D eigenvalue weighted by atomic mass is 9.87. The van der Waals surface area contributed by atoms with Gasteiger partial charge in [-0.1, -0.05) is 111 Å². The zero-order valence-corrected chi connectivity index (χ0v) is 22.4. The smallest absolute Gasteiger partial charge is 0.241 e. The summed E-state index contributed by atoms with van der Waals surface area (Å²) in [6, 6.07) is 28.5. The van der Waals surface area contributed by atoms with Crippen LogP contribution in [0.5, 0.6) is 0 Å². The van der Waals surface area contributed by atoms with Crippen molar-refractivity contribution < 1.29 is 9.32 Å². The van der Waals surface area contributed by atoms with Gasteiger partial charge in [0.25, 0.3) is 0 Å². The molecule has 0 spiro atoms. The first-order valence-electron chi connectivity index (χ1n) is 13.4. The molecule has 1 aliphatic rings. The monoisotopic (exact) mass is 508 g/mol. The molecule has 1 aromatic heterocycles. The molecule has 38 heavy (non-hydrogen) atoms. The van der Waals surface area contributed by atoms with Crippen LogP contribution in [0.3, 0.4) is 0 Å². The number of hydrogen-bond acceptors (Lipinski definition) is 5. The van der Waals surface area contributed by atoms with Crippen LogP contribution in [0.4, 0.5) is 0 Å². The Labute approximate surface area is 225 Å². The molecule has 6 heteroatoms. The van der Waals surface area contributed by atoms with Crippen LogP contribution in [0, 0.1) is 5.92 Å². The van der Waals surface area contributed by atoms with Gasteiger partial charge in [-0.05, 0) is 41.5 Å². The second-order valence-electron chi connectivity index (χ2n) is 11.2. The van der Waals surface area contributed by atoms with Crippen LogP contribution < -0.4 is 5.32 Å². The topological polar surface area (TPSA) is 71.3 Å². The zero-order chi connectivity index (χ0) is 26.5. The summed E-state index contributed by atoms with van der Waals surface area (Å²) in [4.78, 5) is 20.3. The molecule has 0 aliphatic carbocycles. The highest BCUT2D eigenvalue weighted by atomic mass is 16.5. The van der Waals surface area contributed by atoms with Crippen LogP contribution in [-0.4, -0.2) is 34.0 Å². The van der Waals surface area contributed by atoms with Gasteiger partial charge in [0.15, 0.2) is 0 Å². The molecule has 3 aromatic carbocycles. The lowest BCUT2D eigenvalue weighted by molar-refractivity contribution is -0.127. The fourth-order valence-corrected chi connectivity index (χ4v) is 5.07. The van der Waals surface area contributed by atoms with E-state index in [1.165, 1.54) is 5.56 Å². The number of amides is 1. The number of aromatic nitrogens is 2. The third-order valence-electron chi connectivity index (χ3n) is 7.26. The molecule has 1 N–H and O–H groups in total. The van der Waals surface area contributed by atoms with E-state index in [0.717, 1.165) is 36.1 Å². The number of likely N-dealkylation sites (tertiary alicyclic amines) is 1. The summed E-state index contributed by atoms with van der Waals surface area (Å²) in [7, 11) is 0. The Morgan fingerprint density at radius 3 is 2.21 bits per heavy atom. The predicted molar refractivity (Wildman–Crippen MR) is 149 cm³/mol. The standard InChI is InChI=1S/C32H36N4O2/c1-32(2,3)27-18-16-25(17-19-27)30-33-28(38-35-30)22-36-20-10-15-26(21-36)31(37)34-29(23-11-6-4-7-12-23)24-13-8-5-9-14-24/h4-9,11-14,16-19,26,29H,10,15,20-22H2,1-3H3,(H,34,37). The quantitative estimate of drug-likeness (QED) is 0.324. The average Bonchev–Trinajstić information content (AvgIpc) is 3.41. The second kappa shape index (κ2) is 11.3. The molecule has 5 rings (SSSR count). The highest BCUT2D eigenvalue weighted by Crippen LogP contribution is 2.27. The van der Waals surface area contributed by atoms with Crippen molar-refractivity contribution in [1.82, 2.24) is 20.4 Å². The summed E-state index contributed by atoms with van der Waals surface area (Å²) in [5, 5.41) is 7.54. The van der Waals surface area contributed by atoms with Crippen LogP contribution >= 0.6 is 0 Å². The van der Waals surface area contributed by atoms with E-state index >= 15 is 0 Å². The normalized spacial score (nSPS) is 16.5. The summed E-state index contributed by atoms with van der Waals surface area (Å²) in [5.74, 6) is 1.16. The van der Waals surface area contributed by atoms with E-state index < -0.39 is 0 Å². The molecular formula is C32H36N4O2. The molecule has 196 valence electrons. The first-order valence-corrected chi connectivity index (χ1v) is 13.4. The Hall–Kier alpha value is -3.77. The van der Waals surface area contributed by atoms with Crippen LogP contribution in [0.15, 0.2) is 89.5 Å². The van der Waals surface area contributed by atoms with Crippen LogP contribution in [0.2, 0.25) is 0 Å². The molecule has 1 fully saturated rings. The van der Waals surface area contributed by atoms with Gasteiger partial charge >= 0.3 is 0 Å². The van der Waals surface area contributed by atoms with Gasteiger partial charge in [-0.15, -0.1) is 0 Å². The van der Waals surface area contributed by atoms with Crippen molar-refractivity contribution >= 4 is 5.91 Å². The maximum Gasteiger partial charge on any atom is 0.241 e. The third kappa shape index (κ3) is 6.20. The number of carbonyl (C=O) groups excluding carboxylic acids is 1. The number of nitrogens with one attached hydrogen (secondary N) is 1. The molecule has 2 heterocycles. The molecule has 1 aliphatic heterocycles. The van der Waals surface area contributed by atoms with E-state index in [1.807, 2.05) is 48.5 Å². The summed E-state index contributed by atoms with van der Waals surface area (Å²) in [5.41, 5.74) is 4.46. The number of piperidine rings is 1. The number of benzene rings is 3. The number of rotatable bonds is 7. The third-order valence-corrected chi connectivity index (χ3v) is 7.26. The first-order chi connectivity index (χ1) is 18.4. The highest BCUT2D eigenvalue weighted by Gasteiger charge is 2.29. The van der Waals surface area contributed by atoms with Crippen molar-refractivity contribution in [2.45, 2.75) is 51.6 Å². The minimum absolute atomic E-state index is 0.0811. The van der Waals surface area contributed by atoms with Crippen LogP contribution in [0.25, 0.3) is 11.4 Å². The Bertz CT molecular complexity index is 1290. The zero-order valence-electron chi connectivity index (χ0n) is 22.4. The van der Waals surface area contributed by atoms with Gasteiger partial charge in [0, 0.05) is 12.1 Å². The van der Waals surface area contributed by atoms with Gasteiger partial charge in [-0.3, -0.25) is 9.69 Å². The fraction of sp³-hybridized carbons (Fsp3) is 0.344. The number of carbonyl (C=O) groups is 1. The lowest BCUT2D eigenvalue weighted by Crippen LogP contribution is -2.43. The molecule has 4 aromatic rings. The molecular weight excluding hydrogens is 472 g/mol. The van der Waals surface area contributed by atoms with Crippen molar-refractivity contribution in [3.05, 3.63) is 108 Å². The van der Waals surface area contributed by atoms with E-state index in [2.05, 4.69) is 77.5 Å². The van der Waals surface area contributed by atoms with Crippen LogP contribution in [0.1, 0.15) is 62.2 Å². The summed E-state index contributed by atoms with van der Waals surface area (Å²) in [6.45, 7) is 8.71. The van der Waals surface area contributed by atoms with Gasteiger partial charge in [-0.2, -0.15) is 4.98 Å². The van der Waals surface area contributed by atoms with Crippen molar-refractivity contribution in [3.8, 4) is 11.4 Å². The molecule has 0 saturated carbocycles. The number of nitrogens with zero attached hydrogens (tertiary/aromatic N) is 3. The van der Waals surface area contributed by atoms with Gasteiger partial charge < -0.3 is 9.84 Å². The van der Waals surface area contributed by atoms with Crippen molar-refractivity contribution in [2.75, 3.05) is 13.1 Å². The van der Waals surface area contributed by atoms with Gasteiger partial charge in [-0.25, -0.2) is 0 Å². The predicted octanol–water partition coefficient (Wildman–Crippen LogP) is 6.15. The Kier molecular flexibility index (Phi) is 7.70. The van der Waals surface area contributed by atoms with E-state index in [9.17, 15) is 4.79 Å². The van der Waals surface area contributed by atoms with Crippen molar-refractivity contribution in [2.24, 2.45) is 5.92 Å². The van der Waals surface area contributed by atoms with Gasteiger partial charge in [0.1, 0.15) is 0 Å². The lowest BCUT2D eigenvalue weighted by Gasteiger charge is -2.32. The summed E-state index contributed by atoms with van der Waals surface area (Å²) in [6.07, 6.45) is 1.82. The minimum atomic E-state index is -0.177. The molecule has 1 saturated heterocycles. The Morgan fingerprint density at radius 1 is 0.974 bits per heavy atom. The highest BCUT2D eigenvalue weighted by molar-refractivity contribution is 5.80. The number of hydrogen-bond donors (Lipinski definition) is 1. The molecule has 6 nitrogen and oxygen atoms in total. The minimum Gasteiger partial charge on any atom is -0.345 e. The Morgan fingerprint density at radius 2 is 1.61 bits per heavy atom. The van der Waals surface area contributed by atoms with E-state index in [4.69, 9.17) is 4.52 Å². The largest absolute Gasteiger partial charge is 0.345 e. The van der Waals surface area contributed by atoms with E-state index in [1.54, 1.807) is 0 Å². The summed E-state index contributed by atoms with van der Waals surface area (Å²) >= 11 is 0. The van der Waals surface area contributed by atoms with Crippen molar-refractivity contribution in [3.63, 3.8) is 0 Å². The Balaban J connectivity index is 1.23. The fourth-order valence-electron chi connectivity index (χ4n) is 5.07. The van der Waals surface area contributed by atoms with Crippen LogP contribution in [-0.2, 0) is 16.8 Å². The summed E-state index contributed by atoms with van der Waals surface area (Å²) < 4.78 is 5.59.